The molecule has 1 N–H and O–H groups in total. The molecule has 1 heterocycles. The molecule has 0 saturated heterocycles. The van der Waals surface area contributed by atoms with Gasteiger partial charge in [-0.05, 0) is 92.2 Å². The number of aryl methyl sites for hydroxylation is 1. The van der Waals surface area contributed by atoms with Crippen LogP contribution >= 0.6 is 0 Å². The molecule has 2 aliphatic carbocycles. The van der Waals surface area contributed by atoms with Gasteiger partial charge in [0, 0.05) is 29.9 Å². The molecule has 2 aromatic carbocycles. The van der Waals surface area contributed by atoms with Crippen LogP contribution in [0.25, 0.3) is 11.1 Å². The average Bonchev–Trinajstić information content (AvgIpc) is 3.48. The van der Waals surface area contributed by atoms with Crippen LogP contribution in [0.4, 0.5) is 5.69 Å². The molecule has 5 nitrogen and oxygen atoms in total. The second kappa shape index (κ2) is 11.3. The second-order valence-electron chi connectivity index (χ2n) is 10.8. The molecule has 0 atom stereocenters. The van der Waals surface area contributed by atoms with Gasteiger partial charge in [-0.1, -0.05) is 43.5 Å². The average molecular weight is 486 g/mol. The third-order valence-electron chi connectivity index (χ3n) is 8.39. The largest absolute Gasteiger partial charge is 0.496 e. The number of nitrogens with zero attached hydrogens (tertiary/aromatic N) is 2. The maximum Gasteiger partial charge on any atom is 0.230 e. The smallest absolute Gasteiger partial charge is 0.230 e. The molecule has 5 rings (SSSR count). The number of aromatic amines is 1. The molecule has 0 spiro atoms. The van der Waals surface area contributed by atoms with Crippen LogP contribution in [-0.2, 0) is 4.79 Å². The lowest BCUT2D eigenvalue weighted by Crippen LogP contribution is -2.41. The summed E-state index contributed by atoms with van der Waals surface area (Å²) in [4.78, 5) is 16.0. The lowest BCUT2D eigenvalue weighted by atomic mass is 9.78. The van der Waals surface area contributed by atoms with Gasteiger partial charge in [0.1, 0.15) is 5.75 Å². The number of H-pyrrole nitrogens is 1. The number of anilines is 1. The van der Waals surface area contributed by atoms with E-state index in [1.165, 1.54) is 43.2 Å². The minimum absolute atomic E-state index is 0.162. The van der Waals surface area contributed by atoms with Crippen molar-refractivity contribution in [3.63, 3.8) is 0 Å². The summed E-state index contributed by atoms with van der Waals surface area (Å²) in [6.07, 6.45) is 14.1. The Balaban J connectivity index is 1.31. The zero-order valence-corrected chi connectivity index (χ0v) is 21.7. The third kappa shape index (κ3) is 5.50. The Morgan fingerprint density at radius 3 is 2.50 bits per heavy atom. The van der Waals surface area contributed by atoms with Gasteiger partial charge in [-0.3, -0.25) is 9.89 Å². The summed E-state index contributed by atoms with van der Waals surface area (Å²) in [6, 6.07) is 15.1. The topological polar surface area (TPSA) is 58.2 Å². The Bertz CT molecular complexity index is 1140. The fourth-order valence-electron chi connectivity index (χ4n) is 6.25. The Labute approximate surface area is 215 Å². The van der Waals surface area contributed by atoms with Gasteiger partial charge >= 0.3 is 0 Å². The van der Waals surface area contributed by atoms with Crippen molar-refractivity contribution < 1.29 is 9.53 Å². The summed E-state index contributed by atoms with van der Waals surface area (Å²) in [5.74, 6) is 2.58. The monoisotopic (exact) mass is 485 g/mol. The first-order valence-corrected chi connectivity index (χ1v) is 13.7. The van der Waals surface area contributed by atoms with Gasteiger partial charge in [0.15, 0.2) is 0 Å². The van der Waals surface area contributed by atoms with Crippen molar-refractivity contribution >= 4 is 11.6 Å². The lowest BCUT2D eigenvalue weighted by molar-refractivity contribution is -0.123. The quantitative estimate of drug-likeness (QED) is 0.382. The molecule has 0 unspecified atom stereocenters. The van der Waals surface area contributed by atoms with Gasteiger partial charge in [0.25, 0.3) is 0 Å². The highest BCUT2D eigenvalue weighted by Crippen LogP contribution is 2.39. The van der Waals surface area contributed by atoms with Crippen LogP contribution < -0.4 is 9.64 Å². The second-order valence-corrected chi connectivity index (χ2v) is 10.8. The van der Waals surface area contributed by atoms with Gasteiger partial charge in [-0.2, -0.15) is 5.10 Å². The fourth-order valence-corrected chi connectivity index (χ4v) is 6.25. The Morgan fingerprint density at radius 2 is 1.81 bits per heavy atom. The number of hydrogen-bond donors (Lipinski definition) is 1. The normalized spacial score (nSPS) is 20.7. The number of rotatable bonds is 7. The molecule has 2 fully saturated rings. The summed E-state index contributed by atoms with van der Waals surface area (Å²) < 4.78 is 5.45. The predicted molar refractivity (Wildman–Crippen MR) is 145 cm³/mol. The summed E-state index contributed by atoms with van der Waals surface area (Å²) in [7, 11) is 1.73. The number of benzene rings is 2. The summed E-state index contributed by atoms with van der Waals surface area (Å²) in [5.41, 5.74) is 5.81. The van der Waals surface area contributed by atoms with E-state index in [9.17, 15) is 4.79 Å². The molecule has 2 aliphatic rings. The van der Waals surface area contributed by atoms with Crippen molar-refractivity contribution in [1.29, 1.82) is 0 Å². The third-order valence-corrected chi connectivity index (χ3v) is 8.39. The van der Waals surface area contributed by atoms with Crippen LogP contribution in [0.1, 0.15) is 74.8 Å². The zero-order chi connectivity index (χ0) is 24.9. The summed E-state index contributed by atoms with van der Waals surface area (Å²) in [6.45, 7) is 2.94. The van der Waals surface area contributed by atoms with E-state index in [2.05, 4.69) is 64.5 Å². The van der Waals surface area contributed by atoms with Crippen molar-refractivity contribution in [3.05, 3.63) is 66.0 Å². The van der Waals surface area contributed by atoms with E-state index in [1.54, 1.807) is 7.11 Å². The molecule has 0 radical (unpaired) electrons. The van der Waals surface area contributed by atoms with Gasteiger partial charge in [-0.15, -0.1) is 0 Å². The fraction of sp³-hybridized carbons (Fsp3) is 0.484. The Morgan fingerprint density at radius 1 is 1.00 bits per heavy atom. The SMILES string of the molecule is COc1ccc(C2CCC(CN(C(=O)C3CCCCC3)c3cccc(-c4cn[nH]c4)c3)CC2)cc1C. The first kappa shape index (κ1) is 24.6. The molecule has 3 aromatic rings. The molecule has 5 heteroatoms. The number of aromatic nitrogens is 2. The minimum Gasteiger partial charge on any atom is -0.496 e. The van der Waals surface area contributed by atoms with Crippen LogP contribution in [0.3, 0.4) is 0 Å². The van der Waals surface area contributed by atoms with Crippen molar-refractivity contribution in [2.24, 2.45) is 11.8 Å². The number of carbonyl (C=O) groups is 1. The Kier molecular flexibility index (Phi) is 7.74. The molecular weight excluding hydrogens is 446 g/mol. The molecular formula is C31H39N3O2. The van der Waals surface area contributed by atoms with Gasteiger partial charge < -0.3 is 9.64 Å². The van der Waals surface area contributed by atoms with Gasteiger partial charge in [-0.25, -0.2) is 0 Å². The van der Waals surface area contributed by atoms with E-state index in [0.717, 1.165) is 54.8 Å². The number of ether oxygens (including phenoxy) is 1. The molecule has 2 saturated carbocycles. The number of hydrogen-bond acceptors (Lipinski definition) is 3. The number of carbonyl (C=O) groups excluding carboxylic acids is 1. The standard InChI is InChI=1S/C31H39N3O2/c1-22-17-27(15-16-30(22)36-2)24-13-11-23(12-14-24)21-34(31(35)25-7-4-3-5-8-25)29-10-6-9-26(18-29)28-19-32-33-20-28/h6,9-10,15-20,23-25H,3-5,7-8,11-14,21H2,1-2H3,(H,32,33). The van der Waals surface area contributed by atoms with E-state index >= 15 is 0 Å². The van der Waals surface area contributed by atoms with E-state index < -0.39 is 0 Å². The molecule has 190 valence electrons. The predicted octanol–water partition coefficient (Wildman–Crippen LogP) is 7.28. The highest BCUT2D eigenvalue weighted by Gasteiger charge is 2.31. The van der Waals surface area contributed by atoms with E-state index in [-0.39, 0.29) is 5.92 Å². The first-order chi connectivity index (χ1) is 17.6. The summed E-state index contributed by atoms with van der Waals surface area (Å²) in [5, 5.41) is 7.02. The molecule has 36 heavy (non-hydrogen) atoms. The molecule has 1 aromatic heterocycles. The van der Waals surface area contributed by atoms with Crippen LogP contribution in [0.2, 0.25) is 0 Å². The highest BCUT2D eigenvalue weighted by atomic mass is 16.5. The van der Waals surface area contributed by atoms with Crippen LogP contribution in [0, 0.1) is 18.8 Å². The zero-order valence-electron chi connectivity index (χ0n) is 21.7. The van der Waals surface area contributed by atoms with Gasteiger partial charge in [0.2, 0.25) is 5.91 Å². The Hall–Kier alpha value is -3.08. The number of methoxy groups -OCH3 is 1. The molecule has 0 bridgehead atoms. The summed E-state index contributed by atoms with van der Waals surface area (Å²) >= 11 is 0. The van der Waals surface area contributed by atoms with Crippen molar-refractivity contribution in [3.8, 4) is 16.9 Å². The lowest BCUT2D eigenvalue weighted by Gasteiger charge is -2.35. The number of amides is 1. The van der Waals surface area contributed by atoms with Crippen molar-refractivity contribution in [2.75, 3.05) is 18.6 Å². The first-order valence-electron chi connectivity index (χ1n) is 13.7. The van der Waals surface area contributed by atoms with E-state index in [4.69, 9.17) is 4.74 Å². The minimum atomic E-state index is 0.162. The van der Waals surface area contributed by atoms with Gasteiger partial charge in [0.05, 0.1) is 13.3 Å². The maximum absolute atomic E-state index is 13.8. The van der Waals surface area contributed by atoms with Crippen LogP contribution in [0.15, 0.2) is 54.9 Å². The van der Waals surface area contributed by atoms with Crippen molar-refractivity contribution in [2.45, 2.75) is 70.6 Å². The maximum atomic E-state index is 13.8. The highest BCUT2D eigenvalue weighted by molar-refractivity contribution is 5.95. The van der Waals surface area contributed by atoms with E-state index in [0.29, 0.717) is 17.7 Å². The van der Waals surface area contributed by atoms with Crippen molar-refractivity contribution in [1.82, 2.24) is 10.2 Å². The van der Waals surface area contributed by atoms with E-state index in [1.807, 2.05) is 12.4 Å². The van der Waals surface area contributed by atoms with Crippen LogP contribution in [-0.4, -0.2) is 29.8 Å². The van der Waals surface area contributed by atoms with Crippen LogP contribution in [0.5, 0.6) is 5.75 Å². The molecule has 1 amide bonds. The molecule has 0 aliphatic heterocycles. The number of nitrogens with one attached hydrogen (secondary N) is 1.